The molecule has 0 unspecified atom stereocenters. The van der Waals surface area contributed by atoms with Crippen LogP contribution in [0.5, 0.6) is 0 Å². The molecule has 0 fully saturated rings. The predicted molar refractivity (Wildman–Crippen MR) is 93.3 cm³/mol. The van der Waals surface area contributed by atoms with Crippen LogP contribution in [0.25, 0.3) is 0 Å². The summed E-state index contributed by atoms with van der Waals surface area (Å²) in [5.74, 6) is -0.453. The maximum absolute atomic E-state index is 13.2. The second kappa shape index (κ2) is 7.55. The molecule has 5 nitrogen and oxygen atoms in total. The van der Waals surface area contributed by atoms with Gasteiger partial charge in [-0.2, -0.15) is 18.4 Å². The molecule has 0 aliphatic carbocycles. The zero-order valence-corrected chi connectivity index (χ0v) is 14.4. The van der Waals surface area contributed by atoms with Crippen molar-refractivity contribution in [3.05, 3.63) is 76.1 Å². The summed E-state index contributed by atoms with van der Waals surface area (Å²) in [5.41, 5.74) is -0.666. The summed E-state index contributed by atoms with van der Waals surface area (Å²) in [7, 11) is 0. The molecule has 0 saturated heterocycles. The number of hydrogen-bond donors (Lipinski definition) is 1. The van der Waals surface area contributed by atoms with Gasteiger partial charge in [0, 0.05) is 23.7 Å². The Hall–Kier alpha value is -3.25. The number of carbonyl (C=O) groups is 1. The van der Waals surface area contributed by atoms with Gasteiger partial charge in [-0.15, -0.1) is 11.3 Å². The Morgan fingerprint density at radius 2 is 2.04 bits per heavy atom. The van der Waals surface area contributed by atoms with Crippen LogP contribution in [0.4, 0.5) is 18.3 Å². The van der Waals surface area contributed by atoms with E-state index >= 15 is 0 Å². The molecule has 136 valence electrons. The number of rotatable bonds is 4. The van der Waals surface area contributed by atoms with Crippen LogP contribution in [0.1, 0.15) is 32.1 Å². The number of amides is 1. The zero-order valence-electron chi connectivity index (χ0n) is 13.6. The molecule has 1 N–H and O–H groups in total. The molecule has 27 heavy (non-hydrogen) atoms. The fourth-order valence-corrected chi connectivity index (χ4v) is 3.19. The second-order valence-electron chi connectivity index (χ2n) is 5.46. The lowest BCUT2D eigenvalue weighted by molar-refractivity contribution is -0.138. The third kappa shape index (κ3) is 4.48. The monoisotopic (exact) mass is 388 g/mol. The Bertz CT molecular complexity index is 1010. The highest BCUT2D eigenvalue weighted by Crippen LogP contribution is 2.34. The van der Waals surface area contributed by atoms with Crippen LogP contribution in [-0.4, -0.2) is 15.9 Å². The fourth-order valence-electron chi connectivity index (χ4n) is 2.36. The van der Waals surface area contributed by atoms with Gasteiger partial charge in [-0.1, -0.05) is 12.1 Å². The first-order chi connectivity index (χ1) is 12.9. The molecule has 3 rings (SSSR count). The number of hydrogen-bond acceptors (Lipinski definition) is 5. The van der Waals surface area contributed by atoms with E-state index in [1.165, 1.54) is 30.6 Å². The van der Waals surface area contributed by atoms with E-state index in [4.69, 9.17) is 5.26 Å². The number of alkyl halides is 3. The summed E-state index contributed by atoms with van der Waals surface area (Å²) in [5, 5.41) is 11.7. The van der Waals surface area contributed by atoms with E-state index < -0.39 is 17.6 Å². The Labute approximate surface area is 156 Å². The Balaban J connectivity index is 1.78. The van der Waals surface area contributed by atoms with Crippen LogP contribution in [-0.2, 0) is 12.6 Å². The molecule has 2 aromatic heterocycles. The maximum atomic E-state index is 13.2. The van der Waals surface area contributed by atoms with Crippen LogP contribution in [0.2, 0.25) is 0 Å². The standard InChI is InChI=1S/C18H11F3N4OS/c19-18(20,21)14-7-11(9-22)4-5-12(14)8-13-10-24-17(27-13)25-16(26)15-3-1-2-6-23-15/h1-7,10H,8H2,(H,24,25,26). The van der Waals surface area contributed by atoms with E-state index in [0.717, 1.165) is 17.4 Å². The number of benzene rings is 1. The number of carbonyl (C=O) groups excluding carboxylic acids is 1. The van der Waals surface area contributed by atoms with Gasteiger partial charge in [-0.25, -0.2) is 4.98 Å². The summed E-state index contributed by atoms with van der Waals surface area (Å²) in [4.78, 5) is 20.5. The van der Waals surface area contributed by atoms with E-state index in [0.29, 0.717) is 4.88 Å². The largest absolute Gasteiger partial charge is 0.416 e. The third-order valence-corrected chi connectivity index (χ3v) is 4.49. The molecule has 1 amide bonds. The number of thiazole rings is 1. The van der Waals surface area contributed by atoms with Gasteiger partial charge in [0.1, 0.15) is 5.69 Å². The molecule has 0 radical (unpaired) electrons. The van der Waals surface area contributed by atoms with Crippen molar-refractivity contribution in [2.45, 2.75) is 12.6 Å². The molecule has 9 heteroatoms. The second-order valence-corrected chi connectivity index (χ2v) is 6.57. The van der Waals surface area contributed by atoms with E-state index in [1.54, 1.807) is 18.2 Å². The van der Waals surface area contributed by atoms with Gasteiger partial charge in [0.2, 0.25) is 0 Å². The lowest BCUT2D eigenvalue weighted by atomic mass is 10.0. The highest BCUT2D eigenvalue weighted by atomic mass is 32.1. The predicted octanol–water partition coefficient (Wildman–Crippen LogP) is 4.27. The molecule has 0 bridgehead atoms. The van der Waals surface area contributed by atoms with Crippen molar-refractivity contribution in [3.8, 4) is 6.07 Å². The van der Waals surface area contributed by atoms with Gasteiger partial charge in [-0.05, 0) is 29.8 Å². The first kappa shape index (κ1) is 18.5. The van der Waals surface area contributed by atoms with E-state index in [9.17, 15) is 18.0 Å². The van der Waals surface area contributed by atoms with Crippen molar-refractivity contribution in [3.63, 3.8) is 0 Å². The van der Waals surface area contributed by atoms with Crippen molar-refractivity contribution in [1.29, 1.82) is 5.26 Å². The molecular weight excluding hydrogens is 377 g/mol. The van der Waals surface area contributed by atoms with Gasteiger partial charge in [-0.3, -0.25) is 15.1 Å². The van der Waals surface area contributed by atoms with Crippen molar-refractivity contribution in [2.24, 2.45) is 0 Å². The summed E-state index contributed by atoms with van der Waals surface area (Å²) in [6, 6.07) is 10.0. The quantitative estimate of drug-likeness (QED) is 0.724. The zero-order chi connectivity index (χ0) is 19.4. The molecule has 3 aromatic rings. The van der Waals surface area contributed by atoms with E-state index in [-0.39, 0.29) is 28.4 Å². The summed E-state index contributed by atoms with van der Waals surface area (Å²) < 4.78 is 39.7. The average Bonchev–Trinajstić information content (AvgIpc) is 3.08. The molecular formula is C18H11F3N4OS. The van der Waals surface area contributed by atoms with Gasteiger partial charge >= 0.3 is 6.18 Å². The van der Waals surface area contributed by atoms with Crippen molar-refractivity contribution >= 4 is 22.4 Å². The van der Waals surface area contributed by atoms with E-state index in [1.807, 2.05) is 0 Å². The van der Waals surface area contributed by atoms with Crippen LogP contribution in [0.3, 0.4) is 0 Å². The molecule has 0 atom stereocenters. The van der Waals surface area contributed by atoms with Crippen molar-refractivity contribution in [1.82, 2.24) is 9.97 Å². The van der Waals surface area contributed by atoms with Gasteiger partial charge in [0.25, 0.3) is 5.91 Å². The average molecular weight is 388 g/mol. The first-order valence-corrected chi connectivity index (χ1v) is 8.46. The number of aromatic nitrogens is 2. The lowest BCUT2D eigenvalue weighted by Gasteiger charge is -2.12. The molecule has 1 aromatic carbocycles. The first-order valence-electron chi connectivity index (χ1n) is 7.64. The van der Waals surface area contributed by atoms with Gasteiger partial charge in [0.05, 0.1) is 17.2 Å². The minimum atomic E-state index is -4.57. The van der Waals surface area contributed by atoms with Gasteiger partial charge < -0.3 is 0 Å². The number of anilines is 1. The molecule has 0 aliphatic heterocycles. The summed E-state index contributed by atoms with van der Waals surface area (Å²) >= 11 is 1.08. The van der Waals surface area contributed by atoms with Crippen LogP contribution in [0, 0.1) is 11.3 Å². The number of halogens is 3. The Morgan fingerprint density at radius 1 is 1.22 bits per heavy atom. The Kier molecular flexibility index (Phi) is 5.19. The van der Waals surface area contributed by atoms with Crippen LogP contribution < -0.4 is 5.32 Å². The smallest absolute Gasteiger partial charge is 0.296 e. The Morgan fingerprint density at radius 3 is 2.70 bits per heavy atom. The third-order valence-electron chi connectivity index (χ3n) is 3.58. The van der Waals surface area contributed by atoms with Gasteiger partial charge in [0.15, 0.2) is 5.13 Å². The number of nitrogens with zero attached hydrogens (tertiary/aromatic N) is 3. The number of nitrogens with one attached hydrogen (secondary N) is 1. The van der Waals surface area contributed by atoms with Crippen LogP contribution in [0.15, 0.2) is 48.8 Å². The van der Waals surface area contributed by atoms with E-state index in [2.05, 4.69) is 15.3 Å². The topological polar surface area (TPSA) is 78.7 Å². The molecule has 0 spiro atoms. The highest BCUT2D eigenvalue weighted by Gasteiger charge is 2.33. The summed E-state index contributed by atoms with van der Waals surface area (Å²) in [6.07, 6.45) is -1.69. The maximum Gasteiger partial charge on any atom is 0.416 e. The lowest BCUT2D eigenvalue weighted by Crippen LogP contribution is -2.12. The molecule has 2 heterocycles. The van der Waals surface area contributed by atoms with Crippen molar-refractivity contribution < 1.29 is 18.0 Å². The minimum absolute atomic E-state index is 0.0162. The molecule has 0 saturated carbocycles. The normalized spacial score (nSPS) is 11.0. The SMILES string of the molecule is N#Cc1ccc(Cc2cnc(NC(=O)c3ccccn3)s2)c(C(F)(F)F)c1. The molecule has 0 aliphatic rings. The minimum Gasteiger partial charge on any atom is -0.296 e. The summed E-state index contributed by atoms with van der Waals surface area (Å²) in [6.45, 7) is 0. The highest BCUT2D eigenvalue weighted by molar-refractivity contribution is 7.15. The number of nitriles is 1. The van der Waals surface area contributed by atoms with Crippen molar-refractivity contribution in [2.75, 3.05) is 5.32 Å². The van der Waals surface area contributed by atoms with Crippen LogP contribution >= 0.6 is 11.3 Å². The fraction of sp³-hybridized carbons (Fsp3) is 0.111. The number of pyridine rings is 1.